The Morgan fingerprint density at radius 2 is 1.62 bits per heavy atom. The number of fused-ring (bicyclic) bond motifs is 1. The summed E-state index contributed by atoms with van der Waals surface area (Å²) in [5, 5.41) is 1.09. The van der Waals surface area contributed by atoms with E-state index in [0.717, 1.165) is 28.1 Å². The van der Waals surface area contributed by atoms with E-state index in [2.05, 4.69) is 19.1 Å². The number of amides is 1. The number of aryl methyl sites for hydroxylation is 4. The number of halogens is 1. The molecule has 0 bridgehead atoms. The first-order valence-corrected chi connectivity index (χ1v) is 12.1. The molecule has 0 spiro atoms. The maximum Gasteiger partial charge on any atom is 0.271 e. The van der Waals surface area contributed by atoms with Crippen molar-refractivity contribution in [3.63, 3.8) is 0 Å². The van der Waals surface area contributed by atoms with E-state index in [4.69, 9.17) is 26.1 Å². The predicted molar refractivity (Wildman–Crippen MR) is 140 cm³/mol. The van der Waals surface area contributed by atoms with Crippen molar-refractivity contribution in [2.45, 2.75) is 27.7 Å². The lowest BCUT2D eigenvalue weighted by Crippen LogP contribution is -2.29. The van der Waals surface area contributed by atoms with Crippen molar-refractivity contribution in [2.75, 3.05) is 11.7 Å². The van der Waals surface area contributed by atoms with Crippen LogP contribution in [0, 0.1) is 27.7 Å². The Morgan fingerprint density at radius 3 is 2.32 bits per heavy atom. The molecule has 3 aromatic carbocycles. The zero-order chi connectivity index (χ0) is 24.0. The molecule has 1 saturated heterocycles. The molecule has 0 radical (unpaired) electrons. The van der Waals surface area contributed by atoms with Gasteiger partial charge in [-0.2, -0.15) is 0 Å². The van der Waals surface area contributed by atoms with Crippen LogP contribution >= 0.6 is 23.4 Å². The van der Waals surface area contributed by atoms with Crippen molar-refractivity contribution in [3.05, 3.63) is 86.3 Å². The number of rotatable bonds is 3. The highest BCUT2D eigenvalue weighted by Crippen LogP contribution is 2.42. The van der Waals surface area contributed by atoms with Crippen molar-refractivity contribution < 1.29 is 14.3 Å². The minimum atomic E-state index is -0.144. The van der Waals surface area contributed by atoms with E-state index in [9.17, 15) is 4.79 Å². The van der Waals surface area contributed by atoms with Crippen LogP contribution in [0.5, 0.6) is 11.5 Å². The van der Waals surface area contributed by atoms with E-state index >= 15 is 0 Å². The third-order valence-electron chi connectivity index (χ3n) is 5.75. The van der Waals surface area contributed by atoms with Crippen LogP contribution < -0.4 is 14.4 Å². The summed E-state index contributed by atoms with van der Waals surface area (Å²) >= 11 is 7.82. The summed E-state index contributed by atoms with van der Waals surface area (Å²) in [6, 6.07) is 15.7. The molecule has 172 valence electrons. The van der Waals surface area contributed by atoms with E-state index in [1.165, 1.54) is 17.3 Å². The Labute approximate surface area is 208 Å². The van der Waals surface area contributed by atoms with Crippen LogP contribution in [0.3, 0.4) is 0 Å². The highest BCUT2D eigenvalue weighted by Gasteiger charge is 2.36. The van der Waals surface area contributed by atoms with Crippen LogP contribution in [0.2, 0.25) is 5.02 Å². The molecule has 2 aliphatic rings. The molecule has 7 heteroatoms. The monoisotopic (exact) mass is 490 g/mol. The Hall–Kier alpha value is -3.22. The Balaban J connectivity index is 1.62. The maximum atomic E-state index is 13.7. The second kappa shape index (κ2) is 8.85. The van der Waals surface area contributed by atoms with E-state index < -0.39 is 0 Å². The van der Waals surface area contributed by atoms with Gasteiger partial charge in [0.25, 0.3) is 5.91 Å². The van der Waals surface area contributed by atoms with Crippen molar-refractivity contribution in [2.24, 2.45) is 4.99 Å². The Morgan fingerprint density at radius 1 is 0.941 bits per heavy atom. The van der Waals surface area contributed by atoms with Crippen LogP contribution in [0.15, 0.2) is 58.4 Å². The number of nitrogens with zero attached hydrogens (tertiary/aromatic N) is 2. The molecule has 0 N–H and O–H groups in total. The number of carbonyl (C=O) groups excluding carboxylic acids is 1. The van der Waals surface area contributed by atoms with Gasteiger partial charge in [0, 0.05) is 6.07 Å². The van der Waals surface area contributed by atoms with E-state index in [-0.39, 0.29) is 12.7 Å². The molecule has 1 fully saturated rings. The average molecular weight is 491 g/mol. The van der Waals surface area contributed by atoms with Gasteiger partial charge in [0.2, 0.25) is 6.79 Å². The minimum absolute atomic E-state index is 0.144. The first-order valence-electron chi connectivity index (χ1n) is 10.9. The quantitative estimate of drug-likeness (QED) is 0.367. The average Bonchev–Trinajstić information content (AvgIpc) is 3.35. The summed E-state index contributed by atoms with van der Waals surface area (Å²) in [6.45, 7) is 8.28. The number of carbonyl (C=O) groups is 1. The molecule has 2 heterocycles. The molecule has 0 aliphatic carbocycles. The van der Waals surface area contributed by atoms with Crippen molar-refractivity contribution in [1.29, 1.82) is 0 Å². The molecule has 1 amide bonds. The van der Waals surface area contributed by atoms with Crippen LogP contribution in [0.1, 0.15) is 27.8 Å². The number of hydrogen-bond donors (Lipinski definition) is 0. The van der Waals surface area contributed by atoms with E-state index in [0.29, 0.717) is 32.2 Å². The highest BCUT2D eigenvalue weighted by molar-refractivity contribution is 8.19. The largest absolute Gasteiger partial charge is 0.454 e. The third kappa shape index (κ3) is 4.19. The molecule has 5 rings (SSSR count). The predicted octanol–water partition coefficient (Wildman–Crippen LogP) is 7.11. The lowest BCUT2D eigenvalue weighted by Gasteiger charge is -2.19. The van der Waals surface area contributed by atoms with Gasteiger partial charge in [-0.05, 0) is 80.4 Å². The first-order chi connectivity index (χ1) is 16.3. The minimum Gasteiger partial charge on any atom is -0.454 e. The van der Waals surface area contributed by atoms with Gasteiger partial charge in [0.15, 0.2) is 16.7 Å². The number of aliphatic imine (C=N–C) groups is 1. The summed E-state index contributed by atoms with van der Waals surface area (Å²) in [5.74, 6) is 1.07. The molecule has 5 nitrogen and oxygen atoms in total. The second-order valence-corrected chi connectivity index (χ2v) is 9.87. The van der Waals surface area contributed by atoms with Crippen LogP contribution in [0.4, 0.5) is 11.4 Å². The van der Waals surface area contributed by atoms with Gasteiger partial charge in [-0.25, -0.2) is 4.99 Å². The summed E-state index contributed by atoms with van der Waals surface area (Å²) < 4.78 is 10.9. The van der Waals surface area contributed by atoms with Crippen molar-refractivity contribution in [3.8, 4) is 11.5 Å². The fourth-order valence-electron chi connectivity index (χ4n) is 4.04. The fraction of sp³-hybridized carbons (Fsp3) is 0.185. The molecular formula is C27H23ClN2O3S. The molecule has 3 aromatic rings. The molecular weight excluding hydrogens is 468 g/mol. The van der Waals surface area contributed by atoms with Gasteiger partial charge in [0.1, 0.15) is 0 Å². The topological polar surface area (TPSA) is 51.1 Å². The zero-order valence-electron chi connectivity index (χ0n) is 19.3. The van der Waals surface area contributed by atoms with Crippen molar-refractivity contribution >= 4 is 51.9 Å². The Kier molecular flexibility index (Phi) is 5.88. The smallest absolute Gasteiger partial charge is 0.271 e. The lowest BCUT2D eigenvalue weighted by atomic mass is 10.1. The molecule has 0 atom stereocenters. The number of thioether (sulfide) groups is 1. The normalized spacial score (nSPS) is 17.3. The molecule has 2 aliphatic heterocycles. The summed E-state index contributed by atoms with van der Waals surface area (Å²) in [5.41, 5.74) is 6.69. The van der Waals surface area contributed by atoms with E-state index in [1.54, 1.807) is 23.1 Å². The third-order valence-corrected chi connectivity index (χ3v) is 7.04. The summed E-state index contributed by atoms with van der Waals surface area (Å²) in [6.07, 6.45) is 1.79. The number of benzene rings is 3. The summed E-state index contributed by atoms with van der Waals surface area (Å²) in [4.78, 5) is 20.8. The molecule has 0 aromatic heterocycles. The molecule has 0 unspecified atom stereocenters. The first kappa shape index (κ1) is 22.6. The standard InChI is InChI=1S/C27H23ClN2O3S/c1-15-5-7-21(17(3)9-15)29-27-30(22-8-6-16(2)10-18(22)4)26(31)25(34-27)12-19-11-23-24(13-20(19)28)33-14-32-23/h5-13H,14H2,1-4H3. The van der Waals surface area contributed by atoms with E-state index in [1.807, 2.05) is 45.0 Å². The number of ether oxygens (including phenoxy) is 2. The SMILES string of the molecule is Cc1ccc(N=C2SC(=Cc3cc4c(cc3Cl)OCO4)C(=O)N2c2ccc(C)cc2C)c(C)c1. The molecule has 0 saturated carbocycles. The number of anilines is 1. The van der Waals surface area contributed by atoms with Gasteiger partial charge in [-0.1, -0.05) is 47.0 Å². The van der Waals surface area contributed by atoms with Crippen LogP contribution in [-0.4, -0.2) is 17.9 Å². The van der Waals surface area contributed by atoms with Crippen LogP contribution in [0.25, 0.3) is 6.08 Å². The zero-order valence-corrected chi connectivity index (χ0v) is 20.9. The second-order valence-electron chi connectivity index (χ2n) is 8.45. The van der Waals surface area contributed by atoms with Gasteiger partial charge >= 0.3 is 0 Å². The Bertz CT molecular complexity index is 1400. The fourth-order valence-corrected chi connectivity index (χ4v) is 5.22. The van der Waals surface area contributed by atoms with Crippen molar-refractivity contribution in [1.82, 2.24) is 0 Å². The van der Waals surface area contributed by atoms with Crippen LogP contribution in [-0.2, 0) is 4.79 Å². The van der Waals surface area contributed by atoms with Gasteiger partial charge in [-0.15, -0.1) is 0 Å². The lowest BCUT2D eigenvalue weighted by molar-refractivity contribution is -0.113. The summed E-state index contributed by atoms with van der Waals surface area (Å²) in [7, 11) is 0. The van der Waals surface area contributed by atoms with Gasteiger partial charge in [-0.3, -0.25) is 9.69 Å². The number of amidine groups is 1. The number of hydrogen-bond acceptors (Lipinski definition) is 5. The van der Waals surface area contributed by atoms with Gasteiger partial charge in [0.05, 0.1) is 21.3 Å². The van der Waals surface area contributed by atoms with Gasteiger partial charge < -0.3 is 9.47 Å². The highest BCUT2D eigenvalue weighted by atomic mass is 35.5. The maximum absolute atomic E-state index is 13.7. The molecule has 34 heavy (non-hydrogen) atoms.